The first-order chi connectivity index (χ1) is 9.54. The van der Waals surface area contributed by atoms with Crippen molar-refractivity contribution in [3.05, 3.63) is 24.0 Å². The number of hydrogen-bond acceptors (Lipinski definition) is 7. The van der Waals surface area contributed by atoms with Crippen LogP contribution in [0.15, 0.2) is 18.5 Å². The summed E-state index contributed by atoms with van der Waals surface area (Å²) in [5.41, 5.74) is 0.118. The number of ether oxygens (including phenoxy) is 3. The molecule has 1 aromatic rings. The topological polar surface area (TPSA) is 87.6 Å². The van der Waals surface area contributed by atoms with Crippen LogP contribution in [0.3, 0.4) is 0 Å². The highest BCUT2D eigenvalue weighted by atomic mass is 16.5. The number of aromatic nitrogens is 2. The molecule has 1 aromatic heterocycles. The van der Waals surface area contributed by atoms with Crippen molar-refractivity contribution in [1.29, 1.82) is 0 Å². The van der Waals surface area contributed by atoms with Crippen molar-refractivity contribution in [2.24, 2.45) is 0 Å². The van der Waals surface area contributed by atoms with Gasteiger partial charge in [0.15, 0.2) is 5.78 Å². The smallest absolute Gasteiger partial charge is 0.341 e. The molecular weight excluding hydrogens is 264 g/mol. The van der Waals surface area contributed by atoms with E-state index in [9.17, 15) is 9.59 Å². The van der Waals surface area contributed by atoms with Crippen LogP contribution in [0.2, 0.25) is 0 Å². The number of rotatable bonds is 7. The Morgan fingerprint density at radius 2 is 1.75 bits per heavy atom. The van der Waals surface area contributed by atoms with E-state index in [4.69, 9.17) is 14.2 Å². The van der Waals surface area contributed by atoms with Crippen LogP contribution in [0, 0.1) is 0 Å². The van der Waals surface area contributed by atoms with Crippen LogP contribution in [-0.2, 0) is 20.7 Å². The Labute approximate surface area is 116 Å². The SMILES string of the molecule is C=C(C(=O)Cc1c(OC)ncnc1OC)C(=O)OCC. The number of Topliss-reactive ketones (excluding diaryl/α,β-unsaturated/α-hetero) is 1. The van der Waals surface area contributed by atoms with Gasteiger partial charge >= 0.3 is 5.97 Å². The van der Waals surface area contributed by atoms with Gasteiger partial charge in [-0.25, -0.2) is 14.8 Å². The van der Waals surface area contributed by atoms with Gasteiger partial charge in [0.2, 0.25) is 11.8 Å². The Morgan fingerprint density at radius 3 is 2.20 bits per heavy atom. The minimum atomic E-state index is -0.743. The molecule has 0 fully saturated rings. The number of carbonyl (C=O) groups is 2. The first kappa shape index (κ1) is 15.6. The number of nitrogens with zero attached hydrogens (tertiary/aromatic N) is 2. The summed E-state index contributed by atoms with van der Waals surface area (Å²) in [4.78, 5) is 31.2. The second kappa shape index (κ2) is 7.22. The lowest BCUT2D eigenvalue weighted by atomic mass is 10.1. The summed E-state index contributed by atoms with van der Waals surface area (Å²) in [6.45, 7) is 5.25. The normalized spacial score (nSPS) is 9.75. The third-order valence-electron chi connectivity index (χ3n) is 2.45. The summed E-state index contributed by atoms with van der Waals surface area (Å²) < 4.78 is 14.8. The summed E-state index contributed by atoms with van der Waals surface area (Å²) in [6, 6.07) is 0. The van der Waals surface area contributed by atoms with Crippen LogP contribution in [0.1, 0.15) is 12.5 Å². The quantitative estimate of drug-likeness (QED) is 0.315. The number of methoxy groups -OCH3 is 2. The van der Waals surface area contributed by atoms with Crippen LogP contribution in [0.5, 0.6) is 11.8 Å². The zero-order valence-electron chi connectivity index (χ0n) is 11.6. The zero-order chi connectivity index (χ0) is 15.1. The summed E-state index contributed by atoms with van der Waals surface area (Å²) in [5.74, 6) is -0.828. The highest BCUT2D eigenvalue weighted by Gasteiger charge is 2.22. The lowest BCUT2D eigenvalue weighted by molar-refractivity contribution is -0.139. The summed E-state index contributed by atoms with van der Waals surface area (Å²) in [7, 11) is 2.83. The molecule has 7 nitrogen and oxygen atoms in total. The molecule has 0 radical (unpaired) electrons. The average Bonchev–Trinajstić information content (AvgIpc) is 2.46. The molecule has 0 saturated carbocycles. The molecular formula is C13H16N2O5. The van der Waals surface area contributed by atoms with E-state index in [1.54, 1.807) is 6.92 Å². The number of esters is 1. The van der Waals surface area contributed by atoms with E-state index >= 15 is 0 Å². The predicted molar refractivity (Wildman–Crippen MR) is 69.6 cm³/mol. The molecule has 20 heavy (non-hydrogen) atoms. The molecule has 0 atom stereocenters. The molecule has 0 aliphatic rings. The fraction of sp³-hybridized carbons (Fsp3) is 0.385. The Balaban J connectivity index is 2.95. The maximum absolute atomic E-state index is 12.0. The van der Waals surface area contributed by atoms with Crippen molar-refractivity contribution in [3.8, 4) is 11.8 Å². The van der Waals surface area contributed by atoms with E-state index in [1.165, 1.54) is 20.5 Å². The van der Waals surface area contributed by atoms with Crippen molar-refractivity contribution in [2.45, 2.75) is 13.3 Å². The largest absolute Gasteiger partial charge is 0.481 e. The molecule has 0 aliphatic heterocycles. The van der Waals surface area contributed by atoms with E-state index < -0.39 is 11.8 Å². The second-order valence-electron chi connectivity index (χ2n) is 3.67. The number of hydrogen-bond donors (Lipinski definition) is 0. The van der Waals surface area contributed by atoms with E-state index in [1.807, 2.05) is 0 Å². The second-order valence-corrected chi connectivity index (χ2v) is 3.67. The van der Waals surface area contributed by atoms with Gasteiger partial charge in [-0.2, -0.15) is 0 Å². The maximum atomic E-state index is 12.0. The van der Waals surface area contributed by atoms with Crippen LogP contribution in [0.4, 0.5) is 0 Å². The maximum Gasteiger partial charge on any atom is 0.341 e. The standard InChI is InChI=1S/C13H16N2O5/c1-5-20-13(17)8(2)10(16)6-9-11(18-3)14-7-15-12(9)19-4/h7H,2,5-6H2,1,3-4H3. The molecule has 0 amide bonds. The van der Waals surface area contributed by atoms with Crippen LogP contribution in [0.25, 0.3) is 0 Å². The molecule has 1 heterocycles. The molecule has 0 aromatic carbocycles. The highest BCUT2D eigenvalue weighted by molar-refractivity contribution is 6.17. The minimum absolute atomic E-state index is 0.162. The van der Waals surface area contributed by atoms with E-state index in [-0.39, 0.29) is 30.4 Å². The molecule has 7 heteroatoms. The molecule has 0 N–H and O–H groups in total. The van der Waals surface area contributed by atoms with Gasteiger partial charge in [-0.15, -0.1) is 0 Å². The molecule has 0 aliphatic carbocycles. The molecule has 0 unspecified atom stereocenters. The van der Waals surface area contributed by atoms with Crippen molar-refractivity contribution < 1.29 is 23.8 Å². The third-order valence-corrected chi connectivity index (χ3v) is 2.45. The Kier molecular flexibility index (Phi) is 5.64. The lowest BCUT2D eigenvalue weighted by Gasteiger charge is -2.10. The summed E-state index contributed by atoms with van der Waals surface area (Å²) >= 11 is 0. The Hall–Kier alpha value is -2.44. The first-order valence-corrected chi connectivity index (χ1v) is 5.86. The van der Waals surface area contributed by atoms with Gasteiger partial charge in [0.25, 0.3) is 0 Å². The predicted octanol–water partition coefficient (Wildman–Crippen LogP) is 0.725. The van der Waals surface area contributed by atoms with Crippen molar-refractivity contribution in [1.82, 2.24) is 9.97 Å². The van der Waals surface area contributed by atoms with Gasteiger partial charge in [-0.1, -0.05) is 6.58 Å². The summed E-state index contributed by atoms with van der Waals surface area (Å²) in [5, 5.41) is 0. The van der Waals surface area contributed by atoms with Gasteiger partial charge in [-0.3, -0.25) is 4.79 Å². The number of ketones is 1. The Bertz CT molecular complexity index is 505. The molecule has 0 spiro atoms. The molecule has 1 rings (SSSR count). The van der Waals surface area contributed by atoms with Gasteiger partial charge < -0.3 is 14.2 Å². The van der Waals surface area contributed by atoms with Gasteiger partial charge in [0.1, 0.15) is 6.33 Å². The number of carbonyl (C=O) groups excluding carboxylic acids is 2. The lowest BCUT2D eigenvalue weighted by Crippen LogP contribution is -2.17. The van der Waals surface area contributed by atoms with Crippen LogP contribution < -0.4 is 9.47 Å². The fourth-order valence-corrected chi connectivity index (χ4v) is 1.48. The summed E-state index contributed by atoms with van der Waals surface area (Å²) in [6.07, 6.45) is 1.09. The van der Waals surface area contributed by atoms with Gasteiger partial charge in [-0.05, 0) is 6.92 Å². The van der Waals surface area contributed by atoms with Crippen LogP contribution in [-0.4, -0.2) is 42.5 Å². The monoisotopic (exact) mass is 280 g/mol. The molecule has 108 valence electrons. The molecule has 0 saturated heterocycles. The molecule has 0 bridgehead atoms. The third kappa shape index (κ3) is 3.53. The first-order valence-electron chi connectivity index (χ1n) is 5.86. The van der Waals surface area contributed by atoms with Crippen molar-refractivity contribution >= 4 is 11.8 Å². The van der Waals surface area contributed by atoms with Crippen molar-refractivity contribution in [2.75, 3.05) is 20.8 Å². The Morgan fingerprint density at radius 1 is 1.20 bits per heavy atom. The fourth-order valence-electron chi connectivity index (χ4n) is 1.48. The van der Waals surface area contributed by atoms with Gasteiger partial charge in [0, 0.05) is 6.42 Å². The highest BCUT2D eigenvalue weighted by Crippen LogP contribution is 2.24. The van der Waals surface area contributed by atoms with E-state index in [2.05, 4.69) is 16.5 Å². The van der Waals surface area contributed by atoms with Crippen LogP contribution >= 0.6 is 0 Å². The zero-order valence-corrected chi connectivity index (χ0v) is 11.6. The van der Waals surface area contributed by atoms with E-state index in [0.717, 1.165) is 0 Å². The minimum Gasteiger partial charge on any atom is -0.481 e. The van der Waals surface area contributed by atoms with Gasteiger partial charge in [0.05, 0.1) is 32.0 Å². The average molecular weight is 280 g/mol. The van der Waals surface area contributed by atoms with E-state index in [0.29, 0.717) is 5.56 Å². The van der Waals surface area contributed by atoms with Crippen molar-refractivity contribution in [3.63, 3.8) is 0 Å².